The molecule has 1 aromatic heterocycles. The SMILES string of the molecule is COc1cccc(CN2C(=O)CCC[C@@H]3[C@H]2CCN3Cc2cnc(C)s2)c1. The molecular weight excluding hydrogens is 358 g/mol. The fourth-order valence-corrected chi connectivity index (χ4v) is 5.30. The second-order valence-electron chi connectivity index (χ2n) is 7.50. The third-order valence-electron chi connectivity index (χ3n) is 5.75. The number of ether oxygens (including phenoxy) is 1. The Morgan fingerprint density at radius 2 is 2.15 bits per heavy atom. The van der Waals surface area contributed by atoms with Crippen LogP contribution in [0.1, 0.15) is 41.1 Å². The lowest BCUT2D eigenvalue weighted by atomic mass is 10.0. The van der Waals surface area contributed by atoms with E-state index in [0.717, 1.165) is 48.7 Å². The first-order valence-corrected chi connectivity index (χ1v) is 10.5. The maximum absolute atomic E-state index is 12.9. The fraction of sp³-hybridized carbons (Fsp3) is 0.524. The predicted molar refractivity (Wildman–Crippen MR) is 107 cm³/mol. The zero-order valence-electron chi connectivity index (χ0n) is 16.1. The maximum atomic E-state index is 12.9. The number of amides is 1. The third-order valence-corrected chi connectivity index (χ3v) is 6.65. The van der Waals surface area contributed by atoms with Crippen LogP contribution in [0, 0.1) is 6.92 Å². The Balaban J connectivity index is 1.52. The van der Waals surface area contributed by atoms with Crippen LogP contribution in [0.5, 0.6) is 5.75 Å². The van der Waals surface area contributed by atoms with Crippen LogP contribution in [-0.2, 0) is 17.9 Å². The second kappa shape index (κ2) is 7.98. The van der Waals surface area contributed by atoms with E-state index in [2.05, 4.69) is 27.8 Å². The van der Waals surface area contributed by atoms with E-state index >= 15 is 0 Å². The average Bonchev–Trinajstić information content (AvgIpc) is 3.22. The highest BCUT2D eigenvalue weighted by Gasteiger charge is 2.41. The fourth-order valence-electron chi connectivity index (χ4n) is 4.48. The molecule has 4 rings (SSSR count). The highest BCUT2D eigenvalue weighted by atomic mass is 32.1. The van der Waals surface area contributed by atoms with Crippen molar-refractivity contribution in [2.75, 3.05) is 13.7 Å². The molecule has 3 heterocycles. The summed E-state index contributed by atoms with van der Waals surface area (Å²) < 4.78 is 5.35. The number of aryl methyl sites for hydroxylation is 1. The van der Waals surface area contributed by atoms with Gasteiger partial charge in [-0.2, -0.15) is 0 Å². The van der Waals surface area contributed by atoms with Crippen molar-refractivity contribution in [2.24, 2.45) is 0 Å². The zero-order valence-corrected chi connectivity index (χ0v) is 16.9. The highest BCUT2D eigenvalue weighted by molar-refractivity contribution is 7.11. The standard InChI is InChI=1S/C21H27N3O2S/c1-15-22-12-18(27-15)14-23-10-9-20-19(23)7-4-8-21(25)24(20)13-16-5-3-6-17(11-16)26-2/h3,5-6,11-12,19-20H,4,7-10,13-14H2,1-2H3/t19-,20-/m1/s1. The van der Waals surface area contributed by atoms with E-state index in [4.69, 9.17) is 4.74 Å². The molecule has 1 aromatic carbocycles. The molecule has 2 saturated heterocycles. The normalized spacial score (nSPS) is 23.3. The van der Waals surface area contributed by atoms with Gasteiger partial charge in [0.05, 0.1) is 12.1 Å². The third kappa shape index (κ3) is 4.01. The van der Waals surface area contributed by atoms with E-state index in [1.807, 2.05) is 24.4 Å². The van der Waals surface area contributed by atoms with Crippen LogP contribution in [0.4, 0.5) is 0 Å². The summed E-state index contributed by atoms with van der Waals surface area (Å²) in [7, 11) is 1.68. The molecule has 2 fully saturated rings. The van der Waals surface area contributed by atoms with E-state index < -0.39 is 0 Å². The minimum absolute atomic E-state index is 0.292. The zero-order chi connectivity index (χ0) is 18.8. The minimum atomic E-state index is 0.292. The van der Waals surface area contributed by atoms with Gasteiger partial charge in [0.15, 0.2) is 0 Å². The lowest BCUT2D eigenvalue weighted by molar-refractivity contribution is -0.133. The molecule has 2 aliphatic rings. The Bertz CT molecular complexity index is 806. The van der Waals surface area contributed by atoms with Gasteiger partial charge in [-0.15, -0.1) is 11.3 Å². The van der Waals surface area contributed by atoms with Gasteiger partial charge in [0.25, 0.3) is 0 Å². The van der Waals surface area contributed by atoms with Crippen molar-refractivity contribution in [2.45, 2.75) is 57.8 Å². The molecule has 0 unspecified atom stereocenters. The van der Waals surface area contributed by atoms with E-state index in [-0.39, 0.29) is 0 Å². The summed E-state index contributed by atoms with van der Waals surface area (Å²) in [5.41, 5.74) is 1.14. The number of benzene rings is 1. The molecule has 0 spiro atoms. The van der Waals surface area contributed by atoms with Crippen LogP contribution in [0.2, 0.25) is 0 Å². The van der Waals surface area contributed by atoms with Gasteiger partial charge in [-0.1, -0.05) is 12.1 Å². The Morgan fingerprint density at radius 1 is 1.26 bits per heavy atom. The largest absolute Gasteiger partial charge is 0.497 e. The number of hydrogen-bond donors (Lipinski definition) is 0. The number of likely N-dealkylation sites (tertiary alicyclic amines) is 2. The van der Waals surface area contributed by atoms with Crippen molar-refractivity contribution < 1.29 is 9.53 Å². The van der Waals surface area contributed by atoms with E-state index in [9.17, 15) is 4.79 Å². The minimum Gasteiger partial charge on any atom is -0.497 e. The lowest BCUT2D eigenvalue weighted by Gasteiger charge is -2.33. The van der Waals surface area contributed by atoms with Crippen molar-refractivity contribution >= 4 is 17.2 Å². The average molecular weight is 386 g/mol. The number of carbonyl (C=O) groups excluding carboxylic acids is 1. The van der Waals surface area contributed by atoms with Crippen LogP contribution in [0.25, 0.3) is 0 Å². The summed E-state index contributed by atoms with van der Waals surface area (Å²) in [6, 6.07) is 8.83. The Morgan fingerprint density at radius 3 is 2.93 bits per heavy atom. The quantitative estimate of drug-likeness (QED) is 0.789. The summed E-state index contributed by atoms with van der Waals surface area (Å²) >= 11 is 1.78. The summed E-state index contributed by atoms with van der Waals surface area (Å²) in [5, 5.41) is 1.12. The monoisotopic (exact) mass is 385 g/mol. The van der Waals surface area contributed by atoms with Gasteiger partial charge in [0.1, 0.15) is 5.75 Å². The van der Waals surface area contributed by atoms with Gasteiger partial charge in [0.2, 0.25) is 5.91 Å². The molecule has 1 amide bonds. The summed E-state index contributed by atoms with van der Waals surface area (Å²) in [6.07, 6.45) is 5.79. The van der Waals surface area contributed by atoms with Crippen molar-refractivity contribution in [1.29, 1.82) is 0 Å². The predicted octanol–water partition coefficient (Wildman–Crippen LogP) is 3.62. The first-order valence-electron chi connectivity index (χ1n) is 9.72. The first kappa shape index (κ1) is 18.4. The van der Waals surface area contributed by atoms with Crippen molar-refractivity contribution in [3.63, 3.8) is 0 Å². The molecule has 0 bridgehead atoms. The number of hydrogen-bond acceptors (Lipinski definition) is 5. The second-order valence-corrected chi connectivity index (χ2v) is 8.82. The molecule has 0 N–H and O–H groups in total. The highest BCUT2D eigenvalue weighted by Crippen LogP contribution is 2.33. The number of nitrogens with zero attached hydrogens (tertiary/aromatic N) is 3. The van der Waals surface area contributed by atoms with Gasteiger partial charge < -0.3 is 9.64 Å². The molecule has 0 aliphatic carbocycles. The van der Waals surface area contributed by atoms with Crippen LogP contribution in [0.15, 0.2) is 30.5 Å². The van der Waals surface area contributed by atoms with Gasteiger partial charge >= 0.3 is 0 Å². The van der Waals surface area contributed by atoms with Crippen molar-refractivity contribution in [3.05, 3.63) is 45.9 Å². The van der Waals surface area contributed by atoms with Crippen LogP contribution >= 0.6 is 11.3 Å². The molecule has 144 valence electrons. The summed E-state index contributed by atoms with van der Waals surface area (Å²) in [4.78, 5) is 23.3. The van der Waals surface area contributed by atoms with Gasteiger partial charge in [-0.05, 0) is 43.9 Å². The van der Waals surface area contributed by atoms with Crippen LogP contribution in [0.3, 0.4) is 0 Å². The number of carbonyl (C=O) groups is 1. The first-order chi connectivity index (χ1) is 13.1. The van der Waals surface area contributed by atoms with Crippen LogP contribution in [-0.4, -0.2) is 46.4 Å². The van der Waals surface area contributed by atoms with Gasteiger partial charge in [-0.25, -0.2) is 4.98 Å². The lowest BCUT2D eigenvalue weighted by Crippen LogP contribution is -2.45. The summed E-state index contributed by atoms with van der Waals surface area (Å²) in [5.74, 6) is 1.14. The topological polar surface area (TPSA) is 45.7 Å². The van der Waals surface area contributed by atoms with Gasteiger partial charge in [-0.3, -0.25) is 9.69 Å². The Kier molecular flexibility index (Phi) is 5.45. The van der Waals surface area contributed by atoms with E-state index in [0.29, 0.717) is 31.0 Å². The number of methoxy groups -OCH3 is 1. The number of thiazole rings is 1. The molecule has 6 heteroatoms. The van der Waals surface area contributed by atoms with Crippen molar-refractivity contribution in [1.82, 2.24) is 14.8 Å². The smallest absolute Gasteiger partial charge is 0.223 e. The molecule has 2 atom stereocenters. The van der Waals surface area contributed by atoms with Gasteiger partial charge in [0, 0.05) is 49.2 Å². The molecule has 0 radical (unpaired) electrons. The molecule has 27 heavy (non-hydrogen) atoms. The number of aromatic nitrogens is 1. The molecular formula is C21H27N3O2S. The molecule has 2 aliphatic heterocycles. The summed E-state index contributed by atoms with van der Waals surface area (Å²) in [6.45, 7) is 4.73. The van der Waals surface area contributed by atoms with E-state index in [1.54, 1.807) is 18.4 Å². The maximum Gasteiger partial charge on any atom is 0.223 e. The van der Waals surface area contributed by atoms with Crippen LogP contribution < -0.4 is 4.74 Å². The number of fused-ring (bicyclic) bond motifs is 1. The molecule has 5 nitrogen and oxygen atoms in total. The van der Waals surface area contributed by atoms with Crippen molar-refractivity contribution in [3.8, 4) is 5.75 Å². The molecule has 2 aromatic rings. The van der Waals surface area contributed by atoms with E-state index in [1.165, 1.54) is 4.88 Å². The Labute approximate surface area is 165 Å². The molecule has 0 saturated carbocycles. The Hall–Kier alpha value is -1.92. The number of rotatable bonds is 5.